The maximum atomic E-state index is 12.1. The van der Waals surface area contributed by atoms with Crippen molar-refractivity contribution in [3.05, 3.63) is 60.6 Å². The molecule has 4 rings (SSSR count). The predicted octanol–water partition coefficient (Wildman–Crippen LogP) is 2.35. The highest BCUT2D eigenvalue weighted by Crippen LogP contribution is 2.28. The third kappa shape index (κ3) is 3.83. The maximum Gasteiger partial charge on any atom is 0.246 e. The summed E-state index contributed by atoms with van der Waals surface area (Å²) in [6, 6.07) is 10.0. The Morgan fingerprint density at radius 1 is 1.31 bits per heavy atom. The van der Waals surface area contributed by atoms with E-state index >= 15 is 0 Å². The first-order valence-corrected chi connectivity index (χ1v) is 9.60. The molecule has 0 saturated carbocycles. The first kappa shape index (κ1) is 18.7. The minimum absolute atomic E-state index is 0.00845. The van der Waals surface area contributed by atoms with E-state index < -0.39 is 0 Å². The molecule has 3 aromatic rings. The van der Waals surface area contributed by atoms with Crippen LogP contribution in [0, 0.1) is 11.8 Å². The molecule has 0 radical (unpaired) electrons. The second kappa shape index (κ2) is 8.15. The Labute approximate surface area is 169 Å². The zero-order valence-corrected chi connectivity index (χ0v) is 16.1. The highest BCUT2D eigenvalue weighted by Gasteiger charge is 2.27. The monoisotopic (exact) mass is 386 g/mol. The molecule has 29 heavy (non-hydrogen) atoms. The van der Waals surface area contributed by atoms with Crippen LogP contribution in [0.5, 0.6) is 0 Å². The van der Waals surface area contributed by atoms with Crippen LogP contribution in [0.4, 0.5) is 5.82 Å². The van der Waals surface area contributed by atoms with Crippen LogP contribution in [0.1, 0.15) is 30.1 Å². The van der Waals surface area contributed by atoms with Crippen molar-refractivity contribution < 1.29 is 4.79 Å². The van der Waals surface area contributed by atoms with Crippen molar-refractivity contribution in [2.45, 2.75) is 25.3 Å². The molecule has 7 heteroatoms. The van der Waals surface area contributed by atoms with E-state index in [9.17, 15) is 4.79 Å². The van der Waals surface area contributed by atoms with Gasteiger partial charge in [-0.1, -0.05) is 42.8 Å². The van der Waals surface area contributed by atoms with Gasteiger partial charge < -0.3 is 10.6 Å². The molecule has 1 atom stereocenters. The molecular weight excluding hydrogens is 364 g/mol. The number of likely N-dealkylation sites (tertiary alicyclic amines) is 1. The molecule has 1 fully saturated rings. The molecule has 1 aliphatic heterocycles. The van der Waals surface area contributed by atoms with Crippen LogP contribution in [0.3, 0.4) is 0 Å². The number of anilines is 1. The molecule has 2 N–H and O–H groups in total. The van der Waals surface area contributed by atoms with Crippen molar-refractivity contribution >= 4 is 22.8 Å². The normalized spacial score (nSPS) is 16.3. The van der Waals surface area contributed by atoms with Gasteiger partial charge in [0.15, 0.2) is 5.65 Å². The van der Waals surface area contributed by atoms with Crippen molar-refractivity contribution in [2.24, 2.45) is 0 Å². The number of hydrogen-bond acceptors (Lipinski definition) is 5. The summed E-state index contributed by atoms with van der Waals surface area (Å²) in [6.07, 6.45) is 5.20. The molecule has 2 aromatic heterocycles. The van der Waals surface area contributed by atoms with Crippen molar-refractivity contribution in [1.82, 2.24) is 24.6 Å². The Morgan fingerprint density at radius 2 is 2.14 bits per heavy atom. The molecule has 1 unspecified atom stereocenters. The number of hydrogen-bond donors (Lipinski definition) is 1. The van der Waals surface area contributed by atoms with E-state index in [0.717, 1.165) is 24.9 Å². The SMILES string of the molecule is C=CC(=O)N1CCCC(n2nc(C#CCc3ccccc3)c3c(N)ncnc32)C1. The zero-order chi connectivity index (χ0) is 20.2. The molecule has 1 amide bonds. The fraction of sp³-hybridized carbons (Fsp3) is 0.273. The number of nitrogens with zero attached hydrogens (tertiary/aromatic N) is 5. The molecule has 0 aliphatic carbocycles. The van der Waals surface area contributed by atoms with Crippen molar-refractivity contribution in [3.63, 3.8) is 0 Å². The van der Waals surface area contributed by atoms with Gasteiger partial charge >= 0.3 is 0 Å². The number of benzene rings is 1. The molecular formula is C22H22N6O. The smallest absolute Gasteiger partial charge is 0.246 e. The van der Waals surface area contributed by atoms with Gasteiger partial charge in [-0.2, -0.15) is 5.10 Å². The summed E-state index contributed by atoms with van der Waals surface area (Å²) in [5.74, 6) is 6.61. The lowest BCUT2D eigenvalue weighted by molar-refractivity contribution is -0.127. The van der Waals surface area contributed by atoms with Crippen LogP contribution >= 0.6 is 0 Å². The van der Waals surface area contributed by atoms with Crippen molar-refractivity contribution in [3.8, 4) is 11.8 Å². The molecule has 1 aromatic carbocycles. The van der Waals surface area contributed by atoms with E-state index in [0.29, 0.717) is 35.5 Å². The van der Waals surface area contributed by atoms with E-state index in [1.807, 2.05) is 35.0 Å². The second-order valence-electron chi connectivity index (χ2n) is 7.00. The minimum Gasteiger partial charge on any atom is -0.383 e. The Kier molecular flexibility index (Phi) is 5.25. The summed E-state index contributed by atoms with van der Waals surface area (Å²) in [5, 5.41) is 5.39. The Bertz CT molecular complexity index is 1110. The number of fused-ring (bicyclic) bond motifs is 1. The van der Waals surface area contributed by atoms with Crippen LogP contribution in [0.2, 0.25) is 0 Å². The van der Waals surface area contributed by atoms with Gasteiger partial charge in [0.25, 0.3) is 0 Å². The topological polar surface area (TPSA) is 89.9 Å². The number of nitrogens with two attached hydrogens (primary N) is 1. The molecule has 146 valence electrons. The largest absolute Gasteiger partial charge is 0.383 e. The van der Waals surface area contributed by atoms with E-state index in [-0.39, 0.29) is 11.9 Å². The molecule has 7 nitrogen and oxygen atoms in total. The summed E-state index contributed by atoms with van der Waals surface area (Å²) in [7, 11) is 0. The average Bonchev–Trinajstić information content (AvgIpc) is 3.14. The average molecular weight is 386 g/mol. The number of carbonyl (C=O) groups is 1. The second-order valence-corrected chi connectivity index (χ2v) is 7.00. The van der Waals surface area contributed by atoms with E-state index in [1.54, 1.807) is 4.90 Å². The molecule has 1 saturated heterocycles. The van der Waals surface area contributed by atoms with Gasteiger partial charge in [0.1, 0.15) is 17.8 Å². The lowest BCUT2D eigenvalue weighted by atomic mass is 10.1. The Morgan fingerprint density at radius 3 is 2.93 bits per heavy atom. The maximum absolute atomic E-state index is 12.1. The van der Waals surface area contributed by atoms with E-state index in [4.69, 9.17) is 10.8 Å². The first-order chi connectivity index (χ1) is 14.2. The minimum atomic E-state index is -0.0665. The van der Waals surface area contributed by atoms with Gasteiger partial charge in [0, 0.05) is 19.5 Å². The summed E-state index contributed by atoms with van der Waals surface area (Å²) < 4.78 is 1.85. The van der Waals surface area contributed by atoms with Gasteiger partial charge in [-0.15, -0.1) is 0 Å². The zero-order valence-electron chi connectivity index (χ0n) is 16.1. The highest BCUT2D eigenvalue weighted by atomic mass is 16.2. The fourth-order valence-electron chi connectivity index (χ4n) is 3.65. The van der Waals surface area contributed by atoms with Gasteiger partial charge in [-0.05, 0) is 30.4 Å². The lowest BCUT2D eigenvalue weighted by Crippen LogP contribution is -2.40. The first-order valence-electron chi connectivity index (χ1n) is 9.60. The molecule has 0 spiro atoms. The number of carbonyl (C=O) groups excluding carboxylic acids is 1. The number of aromatic nitrogens is 4. The van der Waals surface area contributed by atoms with Crippen LogP contribution in [0.25, 0.3) is 11.0 Å². The van der Waals surface area contributed by atoms with E-state index in [1.165, 1.54) is 12.4 Å². The molecule has 0 bridgehead atoms. The van der Waals surface area contributed by atoms with Crippen LogP contribution in [-0.2, 0) is 11.2 Å². The van der Waals surface area contributed by atoms with Gasteiger partial charge in [-0.3, -0.25) is 4.79 Å². The fourth-order valence-corrected chi connectivity index (χ4v) is 3.65. The predicted molar refractivity (Wildman–Crippen MR) is 112 cm³/mol. The Balaban J connectivity index is 1.68. The van der Waals surface area contributed by atoms with Crippen molar-refractivity contribution in [2.75, 3.05) is 18.8 Å². The van der Waals surface area contributed by atoms with Gasteiger partial charge in [0.05, 0.1) is 11.4 Å². The van der Waals surface area contributed by atoms with Gasteiger partial charge in [-0.25, -0.2) is 14.6 Å². The summed E-state index contributed by atoms with van der Waals surface area (Å²) >= 11 is 0. The Hall–Kier alpha value is -3.66. The third-order valence-electron chi connectivity index (χ3n) is 5.09. The molecule has 3 heterocycles. The standard InChI is InChI=1S/C22H22N6O/c1-2-19(29)27-13-7-11-17(14-27)28-22-20(21(23)24-15-25-22)18(26-28)12-6-10-16-8-4-3-5-9-16/h2-5,8-9,15,17H,1,7,10-11,13-14H2,(H2,23,24,25). The van der Waals surface area contributed by atoms with Crippen LogP contribution in [0.15, 0.2) is 49.3 Å². The van der Waals surface area contributed by atoms with E-state index in [2.05, 4.69) is 28.4 Å². The number of amides is 1. The molecule has 1 aliphatic rings. The number of nitrogen functional groups attached to an aromatic ring is 1. The number of rotatable bonds is 3. The van der Waals surface area contributed by atoms with Crippen LogP contribution in [-0.4, -0.2) is 43.6 Å². The summed E-state index contributed by atoms with van der Waals surface area (Å²) in [5.41, 5.74) is 8.49. The van der Waals surface area contributed by atoms with Crippen LogP contribution < -0.4 is 5.73 Å². The van der Waals surface area contributed by atoms with Crippen molar-refractivity contribution in [1.29, 1.82) is 0 Å². The third-order valence-corrected chi connectivity index (χ3v) is 5.09. The summed E-state index contributed by atoms with van der Waals surface area (Å²) in [4.78, 5) is 22.4. The van der Waals surface area contributed by atoms with Gasteiger partial charge in [0.2, 0.25) is 5.91 Å². The highest BCUT2D eigenvalue weighted by molar-refractivity contribution is 5.90. The number of piperidine rings is 1. The lowest BCUT2D eigenvalue weighted by Gasteiger charge is -2.32. The summed E-state index contributed by atoms with van der Waals surface area (Å²) in [6.45, 7) is 4.87. The quantitative estimate of drug-likeness (QED) is 0.551.